The van der Waals surface area contributed by atoms with Crippen LogP contribution in [0.2, 0.25) is 0 Å². The SMILES string of the molecule is Cc1cccc(NC(=O)Nc2cccc(CNC(=O)c3ccc(CN4C(=O)CCC4=O)cc3)c2)c1. The Labute approximate surface area is 203 Å². The molecular weight excluding hydrogens is 444 g/mol. The van der Waals surface area contributed by atoms with Crippen molar-refractivity contribution in [2.24, 2.45) is 0 Å². The summed E-state index contributed by atoms with van der Waals surface area (Å²) in [5.41, 5.74) is 4.45. The summed E-state index contributed by atoms with van der Waals surface area (Å²) in [4.78, 5) is 49.7. The fraction of sp³-hybridized carbons (Fsp3) is 0.185. The highest BCUT2D eigenvalue weighted by molar-refractivity contribution is 6.02. The normalized spacial score (nSPS) is 13.0. The fourth-order valence-electron chi connectivity index (χ4n) is 3.80. The van der Waals surface area contributed by atoms with Gasteiger partial charge in [-0.1, -0.05) is 36.4 Å². The molecule has 35 heavy (non-hydrogen) atoms. The Balaban J connectivity index is 1.29. The molecule has 1 aliphatic heterocycles. The van der Waals surface area contributed by atoms with Crippen molar-refractivity contribution in [3.8, 4) is 0 Å². The number of anilines is 2. The summed E-state index contributed by atoms with van der Waals surface area (Å²) in [5, 5.41) is 8.45. The predicted molar refractivity (Wildman–Crippen MR) is 133 cm³/mol. The third-order valence-corrected chi connectivity index (χ3v) is 5.63. The molecule has 8 nitrogen and oxygen atoms in total. The predicted octanol–water partition coefficient (Wildman–Crippen LogP) is 4.22. The lowest BCUT2D eigenvalue weighted by Gasteiger charge is -2.14. The van der Waals surface area contributed by atoms with Gasteiger partial charge in [-0.05, 0) is 60.0 Å². The molecule has 1 fully saturated rings. The molecule has 1 saturated heterocycles. The van der Waals surface area contributed by atoms with Gasteiger partial charge in [0.05, 0.1) is 6.54 Å². The molecule has 4 rings (SSSR count). The van der Waals surface area contributed by atoms with Crippen molar-refractivity contribution >= 4 is 35.1 Å². The number of carbonyl (C=O) groups excluding carboxylic acids is 4. The van der Waals surface area contributed by atoms with Gasteiger partial charge in [-0.15, -0.1) is 0 Å². The third-order valence-electron chi connectivity index (χ3n) is 5.63. The van der Waals surface area contributed by atoms with Gasteiger partial charge in [-0.3, -0.25) is 19.3 Å². The van der Waals surface area contributed by atoms with Crippen molar-refractivity contribution in [3.63, 3.8) is 0 Å². The van der Waals surface area contributed by atoms with Crippen LogP contribution in [0.3, 0.4) is 0 Å². The van der Waals surface area contributed by atoms with E-state index in [9.17, 15) is 19.2 Å². The van der Waals surface area contributed by atoms with Crippen molar-refractivity contribution in [2.75, 3.05) is 10.6 Å². The average molecular weight is 471 g/mol. The molecule has 3 N–H and O–H groups in total. The standard InChI is InChI=1S/C27H26N4O4/c1-18-4-2-6-22(14-18)29-27(35)30-23-7-3-5-20(15-23)16-28-26(34)21-10-8-19(9-11-21)17-31-24(32)12-13-25(31)33/h2-11,14-15H,12-13,16-17H2,1H3,(H,28,34)(H2,29,30,35). The summed E-state index contributed by atoms with van der Waals surface area (Å²) < 4.78 is 0. The van der Waals surface area contributed by atoms with E-state index in [2.05, 4.69) is 16.0 Å². The van der Waals surface area contributed by atoms with Crippen LogP contribution >= 0.6 is 0 Å². The smallest absolute Gasteiger partial charge is 0.323 e. The van der Waals surface area contributed by atoms with Gasteiger partial charge in [0.15, 0.2) is 0 Å². The number of amides is 5. The van der Waals surface area contributed by atoms with Gasteiger partial charge >= 0.3 is 6.03 Å². The molecular formula is C27H26N4O4. The van der Waals surface area contributed by atoms with Crippen LogP contribution in [-0.2, 0) is 22.7 Å². The minimum Gasteiger partial charge on any atom is -0.348 e. The first-order valence-corrected chi connectivity index (χ1v) is 11.3. The number of benzene rings is 3. The van der Waals surface area contributed by atoms with Gasteiger partial charge in [0, 0.05) is 36.3 Å². The number of carbonyl (C=O) groups is 4. The van der Waals surface area contributed by atoms with Crippen LogP contribution in [0.15, 0.2) is 72.8 Å². The van der Waals surface area contributed by atoms with Crippen LogP contribution in [0.4, 0.5) is 16.2 Å². The number of urea groups is 1. The molecule has 3 aromatic carbocycles. The molecule has 0 aromatic heterocycles. The summed E-state index contributed by atoms with van der Waals surface area (Å²) in [6, 6.07) is 21.2. The number of aryl methyl sites for hydroxylation is 1. The minimum absolute atomic E-state index is 0.166. The Morgan fingerprint density at radius 3 is 2.09 bits per heavy atom. The first kappa shape index (κ1) is 23.7. The van der Waals surface area contributed by atoms with E-state index in [0.29, 0.717) is 16.9 Å². The molecule has 0 saturated carbocycles. The zero-order chi connectivity index (χ0) is 24.8. The van der Waals surface area contributed by atoms with Crippen LogP contribution in [0.5, 0.6) is 0 Å². The molecule has 0 bridgehead atoms. The number of likely N-dealkylation sites (tertiary alicyclic amines) is 1. The van der Waals surface area contributed by atoms with E-state index in [1.54, 1.807) is 42.5 Å². The number of hydrogen-bond donors (Lipinski definition) is 3. The molecule has 0 unspecified atom stereocenters. The van der Waals surface area contributed by atoms with E-state index in [1.165, 1.54) is 4.90 Å². The second-order valence-corrected chi connectivity index (χ2v) is 8.40. The fourth-order valence-corrected chi connectivity index (χ4v) is 3.80. The van der Waals surface area contributed by atoms with Gasteiger partial charge in [0.25, 0.3) is 5.91 Å². The molecule has 0 spiro atoms. The number of hydrogen-bond acceptors (Lipinski definition) is 4. The van der Waals surface area contributed by atoms with Gasteiger partial charge in [0.1, 0.15) is 0 Å². The summed E-state index contributed by atoms with van der Waals surface area (Å²) in [6.45, 7) is 2.46. The Morgan fingerprint density at radius 1 is 0.800 bits per heavy atom. The molecule has 0 atom stereocenters. The van der Waals surface area contributed by atoms with Crippen molar-refractivity contribution in [3.05, 3.63) is 95.1 Å². The third kappa shape index (κ3) is 6.32. The molecule has 0 radical (unpaired) electrons. The van der Waals surface area contributed by atoms with Crippen LogP contribution < -0.4 is 16.0 Å². The Bertz CT molecular complexity index is 1250. The molecule has 3 aromatic rings. The maximum atomic E-state index is 12.6. The monoisotopic (exact) mass is 470 g/mol. The first-order valence-electron chi connectivity index (χ1n) is 11.3. The van der Waals surface area contributed by atoms with Crippen molar-refractivity contribution in [1.82, 2.24) is 10.2 Å². The van der Waals surface area contributed by atoms with Gasteiger partial charge in [-0.25, -0.2) is 4.79 Å². The lowest BCUT2D eigenvalue weighted by atomic mass is 10.1. The zero-order valence-corrected chi connectivity index (χ0v) is 19.3. The molecule has 5 amide bonds. The Hall–Kier alpha value is -4.46. The maximum absolute atomic E-state index is 12.6. The lowest BCUT2D eigenvalue weighted by molar-refractivity contribution is -0.139. The summed E-state index contributed by atoms with van der Waals surface area (Å²) in [7, 11) is 0. The molecule has 1 aliphatic rings. The highest BCUT2D eigenvalue weighted by Gasteiger charge is 2.28. The summed E-state index contributed by atoms with van der Waals surface area (Å²) >= 11 is 0. The quantitative estimate of drug-likeness (QED) is 0.450. The van der Waals surface area contributed by atoms with Crippen LogP contribution in [0.25, 0.3) is 0 Å². The van der Waals surface area contributed by atoms with E-state index in [1.807, 2.05) is 37.3 Å². The molecule has 178 valence electrons. The summed E-state index contributed by atoms with van der Waals surface area (Å²) in [5.74, 6) is -0.581. The average Bonchev–Trinajstić information content (AvgIpc) is 3.15. The van der Waals surface area contributed by atoms with Gasteiger partial charge < -0.3 is 16.0 Å². The van der Waals surface area contributed by atoms with E-state index in [-0.39, 0.29) is 49.7 Å². The minimum atomic E-state index is -0.353. The highest BCUT2D eigenvalue weighted by Crippen LogP contribution is 2.17. The Morgan fingerprint density at radius 2 is 1.43 bits per heavy atom. The van der Waals surface area contributed by atoms with Gasteiger partial charge in [0.2, 0.25) is 11.8 Å². The van der Waals surface area contributed by atoms with Crippen LogP contribution in [0, 0.1) is 6.92 Å². The number of imide groups is 1. The van der Waals surface area contributed by atoms with E-state index in [0.717, 1.165) is 16.7 Å². The van der Waals surface area contributed by atoms with E-state index >= 15 is 0 Å². The number of rotatable bonds is 7. The molecule has 1 heterocycles. The second kappa shape index (κ2) is 10.6. The topological polar surface area (TPSA) is 108 Å². The summed E-state index contributed by atoms with van der Waals surface area (Å²) in [6.07, 6.45) is 0.515. The van der Waals surface area contributed by atoms with E-state index in [4.69, 9.17) is 0 Å². The largest absolute Gasteiger partial charge is 0.348 e. The molecule has 0 aliphatic carbocycles. The van der Waals surface area contributed by atoms with Crippen LogP contribution in [-0.4, -0.2) is 28.7 Å². The van der Waals surface area contributed by atoms with Crippen LogP contribution in [0.1, 0.15) is 39.9 Å². The zero-order valence-electron chi connectivity index (χ0n) is 19.3. The molecule has 8 heteroatoms. The van der Waals surface area contributed by atoms with Crippen molar-refractivity contribution in [2.45, 2.75) is 32.9 Å². The van der Waals surface area contributed by atoms with Gasteiger partial charge in [-0.2, -0.15) is 0 Å². The Kier molecular flexibility index (Phi) is 7.21. The second-order valence-electron chi connectivity index (χ2n) is 8.40. The first-order chi connectivity index (χ1) is 16.9. The number of nitrogens with zero attached hydrogens (tertiary/aromatic N) is 1. The maximum Gasteiger partial charge on any atom is 0.323 e. The number of nitrogens with one attached hydrogen (secondary N) is 3. The lowest BCUT2D eigenvalue weighted by Crippen LogP contribution is -2.28. The van der Waals surface area contributed by atoms with Crippen molar-refractivity contribution in [1.29, 1.82) is 0 Å². The highest BCUT2D eigenvalue weighted by atomic mass is 16.2. The van der Waals surface area contributed by atoms with Crippen molar-refractivity contribution < 1.29 is 19.2 Å². The van der Waals surface area contributed by atoms with E-state index < -0.39 is 0 Å².